The minimum atomic E-state index is 0.664. The Kier molecular flexibility index (Phi) is 8.92. The SMILES string of the molecule is CN(CCN)Cc1cn[nH]c1-c1cccc2c1C=NC2.CN(CCN)Cc1cn[nH]c1-c1cccc2c1C=NC2. The number of aromatic nitrogens is 4. The smallest absolute Gasteiger partial charge is 0.0701 e. The normalized spacial score (nSPS) is 13.2. The first-order valence-electron chi connectivity index (χ1n) is 13.6. The van der Waals surface area contributed by atoms with Crippen molar-refractivity contribution in [1.29, 1.82) is 0 Å². The number of nitrogens with one attached hydrogen (secondary N) is 2. The van der Waals surface area contributed by atoms with Crippen molar-refractivity contribution in [1.82, 2.24) is 30.2 Å². The first-order chi connectivity index (χ1) is 19.6. The largest absolute Gasteiger partial charge is 0.329 e. The van der Waals surface area contributed by atoms with Crippen LogP contribution in [0.2, 0.25) is 0 Å². The minimum Gasteiger partial charge on any atom is -0.329 e. The second kappa shape index (κ2) is 12.9. The number of nitrogens with zero attached hydrogens (tertiary/aromatic N) is 6. The summed E-state index contributed by atoms with van der Waals surface area (Å²) in [6, 6.07) is 12.7. The molecular formula is C30H38N10. The second-order valence-corrected chi connectivity index (χ2v) is 10.3. The summed E-state index contributed by atoms with van der Waals surface area (Å²) in [4.78, 5) is 13.1. The van der Waals surface area contributed by atoms with Gasteiger partial charge < -0.3 is 21.3 Å². The molecular weight excluding hydrogens is 500 g/mol. The third-order valence-electron chi connectivity index (χ3n) is 7.23. The number of hydrogen-bond donors (Lipinski definition) is 4. The van der Waals surface area contributed by atoms with Crippen molar-refractivity contribution in [2.45, 2.75) is 26.2 Å². The molecule has 208 valence electrons. The molecule has 0 saturated heterocycles. The number of aromatic amines is 2. The monoisotopic (exact) mass is 538 g/mol. The average molecular weight is 539 g/mol. The molecule has 6 rings (SSSR count). The zero-order valence-electron chi connectivity index (χ0n) is 23.3. The van der Waals surface area contributed by atoms with Gasteiger partial charge in [0.1, 0.15) is 0 Å². The van der Waals surface area contributed by atoms with Gasteiger partial charge in [0.05, 0.1) is 36.9 Å². The number of aliphatic imine (C=N–C) groups is 2. The molecule has 40 heavy (non-hydrogen) atoms. The van der Waals surface area contributed by atoms with Crippen LogP contribution < -0.4 is 11.5 Å². The summed E-state index contributed by atoms with van der Waals surface area (Å²) in [5, 5.41) is 14.7. The van der Waals surface area contributed by atoms with Gasteiger partial charge in [-0.1, -0.05) is 36.4 Å². The first kappa shape index (κ1) is 27.6. The molecule has 10 nitrogen and oxygen atoms in total. The highest BCUT2D eigenvalue weighted by molar-refractivity contribution is 5.94. The molecule has 2 aromatic heterocycles. The van der Waals surface area contributed by atoms with E-state index < -0.39 is 0 Å². The van der Waals surface area contributed by atoms with Crippen molar-refractivity contribution in [2.75, 3.05) is 40.3 Å². The molecule has 0 unspecified atom stereocenters. The van der Waals surface area contributed by atoms with E-state index in [1.165, 1.54) is 44.5 Å². The molecule has 0 aliphatic carbocycles. The Morgan fingerprint density at radius 2 is 1.15 bits per heavy atom. The summed E-state index contributed by atoms with van der Waals surface area (Å²) in [5.41, 5.74) is 23.1. The third-order valence-corrected chi connectivity index (χ3v) is 7.23. The first-order valence-corrected chi connectivity index (χ1v) is 13.6. The molecule has 6 N–H and O–H groups in total. The lowest BCUT2D eigenvalue weighted by Gasteiger charge is -2.15. The highest BCUT2D eigenvalue weighted by Crippen LogP contribution is 2.30. The molecule has 10 heteroatoms. The van der Waals surface area contributed by atoms with Gasteiger partial charge in [-0.25, -0.2) is 0 Å². The summed E-state index contributed by atoms with van der Waals surface area (Å²) < 4.78 is 0. The highest BCUT2D eigenvalue weighted by Gasteiger charge is 2.18. The predicted octanol–water partition coefficient (Wildman–Crippen LogP) is 2.80. The van der Waals surface area contributed by atoms with Crippen LogP contribution >= 0.6 is 0 Å². The van der Waals surface area contributed by atoms with Crippen LogP contribution in [0.1, 0.15) is 33.4 Å². The van der Waals surface area contributed by atoms with Crippen LogP contribution in [0, 0.1) is 0 Å². The number of benzene rings is 2. The average Bonchev–Trinajstić information content (AvgIpc) is 3.76. The van der Waals surface area contributed by atoms with Gasteiger partial charge in [0, 0.05) is 85.1 Å². The summed E-state index contributed by atoms with van der Waals surface area (Å²) in [5.74, 6) is 0. The quantitative estimate of drug-likeness (QED) is 0.245. The van der Waals surface area contributed by atoms with Crippen LogP contribution in [0.25, 0.3) is 22.5 Å². The van der Waals surface area contributed by atoms with Gasteiger partial charge in [-0.3, -0.25) is 20.2 Å². The molecule has 0 radical (unpaired) electrons. The van der Waals surface area contributed by atoms with E-state index in [1.807, 2.05) is 24.8 Å². The molecule has 2 aromatic carbocycles. The number of hydrogen-bond acceptors (Lipinski definition) is 8. The van der Waals surface area contributed by atoms with E-state index in [2.05, 4.69) is 90.7 Å². The van der Waals surface area contributed by atoms with Crippen LogP contribution in [-0.4, -0.2) is 82.9 Å². The van der Waals surface area contributed by atoms with Gasteiger partial charge in [0.2, 0.25) is 0 Å². The molecule has 0 saturated carbocycles. The Balaban J connectivity index is 0.000000161. The van der Waals surface area contributed by atoms with E-state index in [4.69, 9.17) is 11.5 Å². The molecule has 4 heterocycles. The fraction of sp³-hybridized carbons (Fsp3) is 0.333. The molecule has 0 fully saturated rings. The molecule has 0 spiro atoms. The van der Waals surface area contributed by atoms with Gasteiger partial charge in [-0.15, -0.1) is 0 Å². The van der Waals surface area contributed by atoms with E-state index in [1.54, 1.807) is 0 Å². The van der Waals surface area contributed by atoms with Crippen molar-refractivity contribution >= 4 is 12.4 Å². The zero-order chi connectivity index (χ0) is 27.9. The van der Waals surface area contributed by atoms with Crippen molar-refractivity contribution in [2.24, 2.45) is 21.5 Å². The van der Waals surface area contributed by atoms with Crippen molar-refractivity contribution < 1.29 is 0 Å². The van der Waals surface area contributed by atoms with Gasteiger partial charge in [-0.05, 0) is 25.2 Å². The van der Waals surface area contributed by atoms with Crippen LogP contribution in [-0.2, 0) is 26.2 Å². The lowest BCUT2D eigenvalue weighted by molar-refractivity contribution is 0.337. The summed E-state index contributed by atoms with van der Waals surface area (Å²) in [6.07, 6.45) is 7.71. The van der Waals surface area contributed by atoms with Gasteiger partial charge in [-0.2, -0.15) is 10.2 Å². The maximum absolute atomic E-state index is 5.60. The molecule has 4 aromatic rings. The minimum absolute atomic E-state index is 0.664. The predicted molar refractivity (Wildman–Crippen MR) is 161 cm³/mol. The number of likely N-dealkylation sites (N-methyl/N-ethyl adjacent to an activating group) is 2. The zero-order valence-corrected chi connectivity index (χ0v) is 23.3. The van der Waals surface area contributed by atoms with E-state index in [0.717, 1.165) is 50.7 Å². The summed E-state index contributed by atoms with van der Waals surface area (Å²) in [6.45, 7) is 6.30. The van der Waals surface area contributed by atoms with Gasteiger partial charge in [0.25, 0.3) is 0 Å². The standard InChI is InChI=1S/2C15H19N5/c2*1-20(6-5-16)10-12-8-18-19-15(12)13-4-2-3-11-7-17-9-14(11)13/h2*2-4,8-9H,5-7,10,16H2,1H3,(H,18,19). The van der Waals surface area contributed by atoms with Gasteiger partial charge in [0.15, 0.2) is 0 Å². The van der Waals surface area contributed by atoms with E-state index in [-0.39, 0.29) is 0 Å². The summed E-state index contributed by atoms with van der Waals surface area (Å²) in [7, 11) is 4.14. The number of fused-ring (bicyclic) bond motifs is 2. The van der Waals surface area contributed by atoms with Crippen LogP contribution in [0.15, 0.2) is 58.8 Å². The number of rotatable bonds is 10. The Morgan fingerprint density at radius 1 is 0.700 bits per heavy atom. The lowest BCUT2D eigenvalue weighted by Crippen LogP contribution is -2.25. The summed E-state index contributed by atoms with van der Waals surface area (Å²) >= 11 is 0. The molecule has 2 aliphatic heterocycles. The van der Waals surface area contributed by atoms with Crippen LogP contribution in [0.5, 0.6) is 0 Å². The lowest BCUT2D eigenvalue weighted by atomic mass is 9.99. The maximum atomic E-state index is 5.60. The van der Waals surface area contributed by atoms with Crippen molar-refractivity contribution in [3.05, 3.63) is 82.2 Å². The Hall–Kier alpha value is -3.96. The molecule has 2 aliphatic rings. The number of H-pyrrole nitrogens is 2. The van der Waals surface area contributed by atoms with E-state index in [0.29, 0.717) is 13.1 Å². The topological polar surface area (TPSA) is 141 Å². The van der Waals surface area contributed by atoms with Crippen molar-refractivity contribution in [3.63, 3.8) is 0 Å². The second-order valence-electron chi connectivity index (χ2n) is 10.3. The fourth-order valence-electron chi connectivity index (χ4n) is 5.22. The molecule has 0 bridgehead atoms. The molecule has 0 amide bonds. The Labute approximate surface area is 235 Å². The van der Waals surface area contributed by atoms with E-state index >= 15 is 0 Å². The Morgan fingerprint density at radius 3 is 1.57 bits per heavy atom. The molecule has 0 atom stereocenters. The highest BCUT2D eigenvalue weighted by atomic mass is 15.1. The van der Waals surface area contributed by atoms with Gasteiger partial charge >= 0.3 is 0 Å². The number of nitrogens with two attached hydrogens (primary N) is 2. The van der Waals surface area contributed by atoms with Crippen LogP contribution in [0.4, 0.5) is 0 Å². The third kappa shape index (κ3) is 6.10. The Bertz CT molecular complexity index is 1370. The van der Waals surface area contributed by atoms with Crippen LogP contribution in [0.3, 0.4) is 0 Å². The fourth-order valence-corrected chi connectivity index (χ4v) is 5.22. The van der Waals surface area contributed by atoms with Crippen molar-refractivity contribution in [3.8, 4) is 22.5 Å². The maximum Gasteiger partial charge on any atom is 0.0701 e. The van der Waals surface area contributed by atoms with E-state index in [9.17, 15) is 0 Å².